The molecule has 0 radical (unpaired) electrons. The topological polar surface area (TPSA) is 56.7 Å². The summed E-state index contributed by atoms with van der Waals surface area (Å²) in [5.41, 5.74) is 7.89. The predicted molar refractivity (Wildman–Crippen MR) is 75.0 cm³/mol. The van der Waals surface area contributed by atoms with E-state index in [9.17, 15) is 0 Å². The Hall–Kier alpha value is -1.58. The van der Waals surface area contributed by atoms with E-state index in [0.717, 1.165) is 17.5 Å². The SMILES string of the molecule is CC.CC.CCc1cn(C)c2ncnc(N)c12. The second-order valence-electron chi connectivity index (χ2n) is 3.08. The van der Waals surface area contributed by atoms with Crippen LogP contribution in [0.5, 0.6) is 0 Å². The number of fused-ring (bicyclic) bond motifs is 1. The van der Waals surface area contributed by atoms with Crippen LogP contribution in [0.4, 0.5) is 5.82 Å². The molecule has 2 rings (SSSR count). The van der Waals surface area contributed by atoms with Gasteiger partial charge in [-0.2, -0.15) is 0 Å². The summed E-state index contributed by atoms with van der Waals surface area (Å²) in [6.07, 6.45) is 4.50. The lowest BCUT2D eigenvalue weighted by molar-refractivity contribution is 0.934. The fourth-order valence-electron chi connectivity index (χ4n) is 1.59. The summed E-state index contributed by atoms with van der Waals surface area (Å²) in [5.74, 6) is 0.572. The number of nitrogens with two attached hydrogens (primary N) is 1. The summed E-state index contributed by atoms with van der Waals surface area (Å²) >= 11 is 0. The zero-order valence-electron chi connectivity index (χ0n) is 11.8. The second kappa shape index (κ2) is 7.65. The average Bonchev–Trinajstić information content (AvgIpc) is 2.73. The first-order chi connectivity index (χ1) is 8.24. The maximum absolute atomic E-state index is 5.78. The molecule has 0 bridgehead atoms. The third-order valence-electron chi connectivity index (χ3n) is 2.24. The molecule has 0 saturated carbocycles. The van der Waals surface area contributed by atoms with Gasteiger partial charge in [0.05, 0.1) is 5.39 Å². The summed E-state index contributed by atoms with van der Waals surface area (Å²) in [6, 6.07) is 0. The van der Waals surface area contributed by atoms with Crippen LogP contribution in [0.1, 0.15) is 40.2 Å². The lowest BCUT2D eigenvalue weighted by atomic mass is 10.2. The van der Waals surface area contributed by atoms with E-state index >= 15 is 0 Å². The zero-order valence-corrected chi connectivity index (χ0v) is 11.8. The van der Waals surface area contributed by atoms with Crippen LogP contribution in [0, 0.1) is 0 Å². The van der Waals surface area contributed by atoms with Crippen molar-refractivity contribution >= 4 is 16.9 Å². The highest BCUT2D eigenvalue weighted by atomic mass is 15.0. The van der Waals surface area contributed by atoms with Crippen LogP contribution in [0.2, 0.25) is 0 Å². The van der Waals surface area contributed by atoms with E-state index in [1.165, 1.54) is 11.9 Å². The number of anilines is 1. The molecule has 2 aromatic heterocycles. The fourth-order valence-corrected chi connectivity index (χ4v) is 1.59. The maximum atomic E-state index is 5.78. The number of nitrogen functional groups attached to an aromatic ring is 1. The summed E-state index contributed by atoms with van der Waals surface area (Å²) < 4.78 is 1.98. The van der Waals surface area contributed by atoms with E-state index in [1.807, 2.05) is 39.3 Å². The van der Waals surface area contributed by atoms with Crippen LogP contribution < -0.4 is 5.73 Å². The van der Waals surface area contributed by atoms with Crippen LogP contribution >= 0.6 is 0 Å². The van der Waals surface area contributed by atoms with E-state index in [2.05, 4.69) is 23.1 Å². The number of aryl methyl sites for hydroxylation is 2. The van der Waals surface area contributed by atoms with Gasteiger partial charge in [0, 0.05) is 13.2 Å². The molecule has 0 aliphatic heterocycles. The van der Waals surface area contributed by atoms with Crippen LogP contribution in [0.25, 0.3) is 11.0 Å². The van der Waals surface area contributed by atoms with Crippen molar-refractivity contribution in [1.29, 1.82) is 0 Å². The van der Waals surface area contributed by atoms with Gasteiger partial charge in [-0.1, -0.05) is 34.6 Å². The molecule has 17 heavy (non-hydrogen) atoms. The summed E-state index contributed by atoms with van der Waals surface area (Å²) in [7, 11) is 1.97. The molecule has 0 aliphatic carbocycles. The Kier molecular flexibility index (Phi) is 6.94. The molecule has 2 aromatic rings. The zero-order chi connectivity index (χ0) is 13.4. The number of hydrogen-bond acceptors (Lipinski definition) is 3. The molecular formula is C13H24N4. The van der Waals surface area contributed by atoms with Gasteiger partial charge in [-0.15, -0.1) is 0 Å². The highest BCUT2D eigenvalue weighted by Gasteiger charge is 2.09. The van der Waals surface area contributed by atoms with Crippen LogP contribution in [-0.2, 0) is 13.5 Å². The molecule has 2 N–H and O–H groups in total. The molecule has 0 fully saturated rings. The Morgan fingerprint density at radius 1 is 1.18 bits per heavy atom. The number of hydrogen-bond donors (Lipinski definition) is 1. The lowest BCUT2D eigenvalue weighted by Crippen LogP contribution is -1.94. The first-order valence-electron chi connectivity index (χ1n) is 6.28. The predicted octanol–water partition coefficient (Wildman–Crippen LogP) is 3.17. The summed E-state index contributed by atoms with van der Waals surface area (Å²) in [5, 5.41) is 0.993. The van der Waals surface area contributed by atoms with Gasteiger partial charge in [0.1, 0.15) is 17.8 Å². The van der Waals surface area contributed by atoms with Crippen LogP contribution in [0.15, 0.2) is 12.5 Å². The van der Waals surface area contributed by atoms with Crippen molar-refractivity contribution < 1.29 is 0 Å². The minimum absolute atomic E-state index is 0.572. The van der Waals surface area contributed by atoms with Crippen molar-refractivity contribution in [2.24, 2.45) is 7.05 Å². The second-order valence-corrected chi connectivity index (χ2v) is 3.08. The number of rotatable bonds is 1. The van der Waals surface area contributed by atoms with Crippen LogP contribution in [0.3, 0.4) is 0 Å². The Morgan fingerprint density at radius 3 is 2.29 bits per heavy atom. The summed E-state index contributed by atoms with van der Waals surface area (Å²) in [6.45, 7) is 10.1. The van der Waals surface area contributed by atoms with Gasteiger partial charge < -0.3 is 10.3 Å². The van der Waals surface area contributed by atoms with E-state index in [1.54, 1.807) is 0 Å². The van der Waals surface area contributed by atoms with Gasteiger partial charge in [-0.3, -0.25) is 0 Å². The maximum Gasteiger partial charge on any atom is 0.145 e. The molecule has 0 amide bonds. The third kappa shape index (κ3) is 3.19. The monoisotopic (exact) mass is 236 g/mol. The highest BCUT2D eigenvalue weighted by Crippen LogP contribution is 2.22. The van der Waals surface area contributed by atoms with Crippen LogP contribution in [-0.4, -0.2) is 14.5 Å². The Labute approximate surface area is 104 Å². The van der Waals surface area contributed by atoms with E-state index in [4.69, 9.17) is 5.73 Å². The minimum atomic E-state index is 0.572. The van der Waals surface area contributed by atoms with Crippen molar-refractivity contribution in [2.45, 2.75) is 41.0 Å². The normalized spacial score (nSPS) is 9.06. The number of aromatic nitrogens is 3. The van der Waals surface area contributed by atoms with Gasteiger partial charge in [0.25, 0.3) is 0 Å². The Balaban J connectivity index is 0.000000581. The average molecular weight is 236 g/mol. The number of nitrogens with zero attached hydrogens (tertiary/aromatic N) is 3. The quantitative estimate of drug-likeness (QED) is 0.827. The molecule has 4 heteroatoms. The molecule has 0 unspecified atom stereocenters. The van der Waals surface area contributed by atoms with Gasteiger partial charge in [0.2, 0.25) is 0 Å². The largest absolute Gasteiger partial charge is 0.383 e. The molecule has 0 aliphatic rings. The van der Waals surface area contributed by atoms with Crippen molar-refractivity contribution in [3.05, 3.63) is 18.1 Å². The molecule has 0 spiro atoms. The minimum Gasteiger partial charge on any atom is -0.383 e. The molecule has 0 saturated heterocycles. The van der Waals surface area contributed by atoms with Gasteiger partial charge in [-0.05, 0) is 12.0 Å². The van der Waals surface area contributed by atoms with Crippen molar-refractivity contribution in [3.63, 3.8) is 0 Å². The van der Waals surface area contributed by atoms with Gasteiger partial charge in [0.15, 0.2) is 0 Å². The Bertz CT molecular complexity index is 446. The molecule has 0 atom stereocenters. The van der Waals surface area contributed by atoms with Crippen molar-refractivity contribution in [3.8, 4) is 0 Å². The third-order valence-corrected chi connectivity index (χ3v) is 2.24. The van der Waals surface area contributed by atoms with Crippen molar-refractivity contribution in [2.75, 3.05) is 5.73 Å². The van der Waals surface area contributed by atoms with E-state index in [-0.39, 0.29) is 0 Å². The standard InChI is InChI=1S/C9H12N4.2C2H6/c1-3-6-4-13(2)9-7(6)8(10)11-5-12-9;2*1-2/h4-5H,3H2,1-2H3,(H2,10,11,12);2*1-2H3. The highest BCUT2D eigenvalue weighted by molar-refractivity contribution is 5.89. The van der Waals surface area contributed by atoms with Gasteiger partial charge in [-0.25, -0.2) is 9.97 Å². The first kappa shape index (κ1) is 15.4. The van der Waals surface area contributed by atoms with Crippen molar-refractivity contribution in [1.82, 2.24) is 14.5 Å². The molecule has 4 nitrogen and oxygen atoms in total. The van der Waals surface area contributed by atoms with Gasteiger partial charge >= 0.3 is 0 Å². The van der Waals surface area contributed by atoms with E-state index in [0.29, 0.717) is 5.82 Å². The summed E-state index contributed by atoms with van der Waals surface area (Å²) in [4.78, 5) is 8.16. The Morgan fingerprint density at radius 2 is 1.76 bits per heavy atom. The first-order valence-corrected chi connectivity index (χ1v) is 6.28. The molecule has 2 heterocycles. The smallest absolute Gasteiger partial charge is 0.145 e. The van der Waals surface area contributed by atoms with E-state index < -0.39 is 0 Å². The molecular weight excluding hydrogens is 212 g/mol. The molecule has 0 aromatic carbocycles. The lowest BCUT2D eigenvalue weighted by Gasteiger charge is -1.96. The molecule has 96 valence electrons. The fraction of sp³-hybridized carbons (Fsp3) is 0.538.